The third-order valence-corrected chi connectivity index (χ3v) is 4.81. The predicted molar refractivity (Wildman–Crippen MR) is 79.6 cm³/mol. The number of carboxylic acid groups (broad SMARTS) is 1. The molecule has 1 atom stereocenters. The van der Waals surface area contributed by atoms with Gasteiger partial charge in [-0.15, -0.1) is 11.3 Å². The van der Waals surface area contributed by atoms with Crippen molar-refractivity contribution in [1.82, 2.24) is 4.98 Å². The van der Waals surface area contributed by atoms with Gasteiger partial charge in [-0.05, 0) is 24.7 Å². The Morgan fingerprint density at radius 3 is 3.00 bits per heavy atom. The second-order valence-electron chi connectivity index (χ2n) is 6.02. The number of hydrogen-bond donors (Lipinski definition) is 2. The molecular formula is C14H22N2O3S. The summed E-state index contributed by atoms with van der Waals surface area (Å²) in [5.41, 5.74) is 0.887. The van der Waals surface area contributed by atoms with Crippen molar-refractivity contribution in [2.75, 3.05) is 25.6 Å². The van der Waals surface area contributed by atoms with Gasteiger partial charge in [0.05, 0.1) is 5.69 Å². The Hall–Kier alpha value is -1.14. The van der Waals surface area contributed by atoms with Crippen LogP contribution in [-0.4, -0.2) is 36.3 Å². The number of carbonyl (C=O) groups is 1. The molecule has 5 nitrogen and oxygen atoms in total. The lowest BCUT2D eigenvalue weighted by Crippen LogP contribution is -2.24. The summed E-state index contributed by atoms with van der Waals surface area (Å²) in [6.45, 7) is 5.91. The number of nitrogens with zero attached hydrogens (tertiary/aromatic N) is 1. The zero-order valence-corrected chi connectivity index (χ0v) is 13.0. The van der Waals surface area contributed by atoms with E-state index in [1.54, 1.807) is 18.4 Å². The largest absolute Gasteiger partial charge is 0.481 e. The van der Waals surface area contributed by atoms with Gasteiger partial charge in [0.2, 0.25) is 0 Å². The molecule has 0 fully saturated rings. The molecule has 2 N–H and O–H groups in total. The standard InChI is InChI=1S/C14H22N2O3S/c1-14(2,6-7-19-3)8-15-13-16-11-9(12(17)18)4-5-10(11)20-13/h9H,4-8H2,1-3H3,(H,15,16)(H,17,18). The van der Waals surface area contributed by atoms with E-state index >= 15 is 0 Å². The van der Waals surface area contributed by atoms with Crippen molar-refractivity contribution in [2.24, 2.45) is 5.41 Å². The highest BCUT2D eigenvalue weighted by Crippen LogP contribution is 2.38. The number of nitrogens with one attached hydrogen (secondary N) is 1. The predicted octanol–water partition coefficient (Wildman–Crippen LogP) is 2.73. The summed E-state index contributed by atoms with van der Waals surface area (Å²) in [7, 11) is 1.71. The van der Waals surface area contributed by atoms with Gasteiger partial charge in [-0.2, -0.15) is 0 Å². The van der Waals surface area contributed by atoms with Crippen LogP contribution in [0.25, 0.3) is 0 Å². The first-order valence-electron chi connectivity index (χ1n) is 6.88. The fraction of sp³-hybridized carbons (Fsp3) is 0.714. The van der Waals surface area contributed by atoms with E-state index in [-0.39, 0.29) is 5.41 Å². The summed E-state index contributed by atoms with van der Waals surface area (Å²) in [4.78, 5) is 16.7. The van der Waals surface area contributed by atoms with Crippen molar-refractivity contribution in [3.63, 3.8) is 0 Å². The topological polar surface area (TPSA) is 71.5 Å². The Kier molecular flexibility index (Phi) is 4.65. The zero-order valence-electron chi connectivity index (χ0n) is 12.2. The molecule has 1 unspecified atom stereocenters. The van der Waals surface area contributed by atoms with Crippen molar-refractivity contribution < 1.29 is 14.6 Å². The van der Waals surface area contributed by atoms with Crippen molar-refractivity contribution in [3.8, 4) is 0 Å². The third-order valence-electron chi connectivity index (χ3n) is 3.72. The average molecular weight is 298 g/mol. The number of aryl methyl sites for hydroxylation is 1. The number of hydrogen-bond acceptors (Lipinski definition) is 5. The Balaban J connectivity index is 1.95. The first-order valence-corrected chi connectivity index (χ1v) is 7.70. The summed E-state index contributed by atoms with van der Waals surface area (Å²) < 4.78 is 5.11. The molecular weight excluding hydrogens is 276 g/mol. The van der Waals surface area contributed by atoms with E-state index in [2.05, 4.69) is 24.1 Å². The van der Waals surface area contributed by atoms with Crippen molar-refractivity contribution in [3.05, 3.63) is 10.6 Å². The third kappa shape index (κ3) is 3.49. The number of aliphatic carboxylic acids is 1. The molecule has 0 saturated carbocycles. The van der Waals surface area contributed by atoms with Gasteiger partial charge in [0.15, 0.2) is 5.13 Å². The molecule has 0 saturated heterocycles. The summed E-state index contributed by atoms with van der Waals surface area (Å²) in [5, 5.41) is 13.3. The van der Waals surface area contributed by atoms with Crippen LogP contribution in [-0.2, 0) is 16.0 Å². The number of fused-ring (bicyclic) bond motifs is 1. The smallest absolute Gasteiger partial charge is 0.312 e. The van der Waals surface area contributed by atoms with Crippen molar-refractivity contribution in [2.45, 2.75) is 39.0 Å². The molecule has 2 rings (SSSR count). The molecule has 20 heavy (non-hydrogen) atoms. The fourth-order valence-electron chi connectivity index (χ4n) is 2.32. The minimum atomic E-state index is -0.763. The summed E-state index contributed by atoms with van der Waals surface area (Å²) in [5.74, 6) is -1.18. The van der Waals surface area contributed by atoms with Crippen LogP contribution in [0.1, 0.15) is 43.2 Å². The van der Waals surface area contributed by atoms with E-state index in [0.29, 0.717) is 6.42 Å². The zero-order chi connectivity index (χ0) is 14.8. The average Bonchev–Trinajstić information content (AvgIpc) is 2.93. The molecule has 0 spiro atoms. The highest BCUT2D eigenvalue weighted by molar-refractivity contribution is 7.15. The number of rotatable bonds is 7. The van der Waals surface area contributed by atoms with E-state index in [4.69, 9.17) is 9.84 Å². The summed E-state index contributed by atoms with van der Waals surface area (Å²) >= 11 is 1.59. The van der Waals surface area contributed by atoms with Crippen LogP contribution in [0.4, 0.5) is 5.13 Å². The van der Waals surface area contributed by atoms with Crippen LogP contribution in [0.2, 0.25) is 0 Å². The van der Waals surface area contributed by atoms with E-state index in [1.807, 2.05) is 0 Å². The van der Waals surface area contributed by atoms with Crippen LogP contribution in [0.3, 0.4) is 0 Å². The van der Waals surface area contributed by atoms with Gasteiger partial charge in [0.25, 0.3) is 0 Å². The summed E-state index contributed by atoms with van der Waals surface area (Å²) in [6.07, 6.45) is 2.49. The first kappa shape index (κ1) is 15.3. The van der Waals surface area contributed by atoms with Gasteiger partial charge < -0.3 is 15.2 Å². The number of thiazole rings is 1. The lowest BCUT2D eigenvalue weighted by atomic mass is 9.90. The molecule has 1 aliphatic carbocycles. The number of anilines is 1. The van der Waals surface area contributed by atoms with Gasteiger partial charge in [0, 0.05) is 25.1 Å². The molecule has 0 amide bonds. The van der Waals surface area contributed by atoms with Gasteiger partial charge in [-0.3, -0.25) is 4.79 Å². The van der Waals surface area contributed by atoms with E-state index in [1.165, 1.54) is 0 Å². The molecule has 1 heterocycles. The first-order chi connectivity index (χ1) is 9.43. The summed E-state index contributed by atoms with van der Waals surface area (Å²) in [6, 6.07) is 0. The number of carboxylic acids is 1. The minimum absolute atomic E-state index is 0.123. The maximum atomic E-state index is 11.1. The lowest BCUT2D eigenvalue weighted by Gasteiger charge is -2.24. The Morgan fingerprint density at radius 2 is 2.35 bits per heavy atom. The van der Waals surface area contributed by atoms with Gasteiger partial charge in [-0.1, -0.05) is 13.8 Å². The molecule has 0 bridgehead atoms. The maximum absolute atomic E-state index is 11.1. The van der Waals surface area contributed by atoms with E-state index in [9.17, 15) is 4.79 Å². The van der Waals surface area contributed by atoms with Crippen LogP contribution < -0.4 is 5.32 Å². The Labute approximate surface area is 123 Å². The monoisotopic (exact) mass is 298 g/mol. The Bertz CT molecular complexity index is 485. The van der Waals surface area contributed by atoms with Gasteiger partial charge in [-0.25, -0.2) is 4.98 Å². The van der Waals surface area contributed by atoms with Crippen LogP contribution in [0, 0.1) is 5.41 Å². The molecule has 1 aromatic heterocycles. The quantitative estimate of drug-likeness (QED) is 0.810. The molecule has 1 aromatic rings. The molecule has 0 aliphatic heterocycles. The lowest BCUT2D eigenvalue weighted by molar-refractivity contribution is -0.138. The molecule has 0 aromatic carbocycles. The van der Waals surface area contributed by atoms with Gasteiger partial charge >= 0.3 is 5.97 Å². The van der Waals surface area contributed by atoms with Gasteiger partial charge in [0.1, 0.15) is 5.92 Å². The maximum Gasteiger partial charge on any atom is 0.312 e. The normalized spacial score (nSPS) is 18.1. The fourth-order valence-corrected chi connectivity index (χ4v) is 3.36. The molecule has 1 aliphatic rings. The van der Waals surface area contributed by atoms with Crippen LogP contribution >= 0.6 is 11.3 Å². The highest BCUT2D eigenvalue weighted by Gasteiger charge is 2.32. The SMILES string of the molecule is COCCC(C)(C)CNc1nc2c(s1)CCC2C(=O)O. The highest BCUT2D eigenvalue weighted by atomic mass is 32.1. The second kappa shape index (κ2) is 6.10. The minimum Gasteiger partial charge on any atom is -0.481 e. The Morgan fingerprint density at radius 1 is 1.60 bits per heavy atom. The van der Waals surface area contributed by atoms with Crippen molar-refractivity contribution >= 4 is 22.4 Å². The van der Waals surface area contributed by atoms with Crippen LogP contribution in [0.5, 0.6) is 0 Å². The number of ether oxygens (including phenoxy) is 1. The molecule has 112 valence electrons. The van der Waals surface area contributed by atoms with Crippen LogP contribution in [0.15, 0.2) is 0 Å². The van der Waals surface area contributed by atoms with Crippen molar-refractivity contribution in [1.29, 1.82) is 0 Å². The molecule has 6 heteroatoms. The number of aromatic nitrogens is 1. The van der Waals surface area contributed by atoms with E-state index in [0.717, 1.165) is 41.7 Å². The molecule has 0 radical (unpaired) electrons. The van der Waals surface area contributed by atoms with E-state index < -0.39 is 11.9 Å². The second-order valence-corrected chi connectivity index (χ2v) is 7.10. The number of methoxy groups -OCH3 is 1.